The van der Waals surface area contributed by atoms with E-state index >= 15 is 0 Å². The lowest BCUT2D eigenvalue weighted by molar-refractivity contribution is -0.132. The second kappa shape index (κ2) is 7.01. The number of halogens is 1. The summed E-state index contributed by atoms with van der Waals surface area (Å²) in [7, 11) is 0. The van der Waals surface area contributed by atoms with Gasteiger partial charge in [-0.1, -0.05) is 35.0 Å². The number of rotatable bonds is 3. The molecule has 7 heteroatoms. The number of aliphatic hydroxyl groups is 1. The Kier molecular flexibility index (Phi) is 4.50. The molecule has 1 aromatic heterocycles. The van der Waals surface area contributed by atoms with Crippen molar-refractivity contribution in [2.75, 3.05) is 4.90 Å². The smallest absolute Gasteiger partial charge is 0.301 e. The highest BCUT2D eigenvalue weighted by molar-refractivity contribution is 6.51. The highest BCUT2D eigenvalue weighted by Gasteiger charge is 2.48. The number of benzene rings is 2. The summed E-state index contributed by atoms with van der Waals surface area (Å²) in [4.78, 5) is 26.9. The van der Waals surface area contributed by atoms with E-state index in [1.165, 1.54) is 29.2 Å². The van der Waals surface area contributed by atoms with Crippen LogP contribution in [0.4, 0.5) is 10.2 Å². The van der Waals surface area contributed by atoms with Crippen LogP contribution < -0.4 is 4.90 Å². The number of anilines is 1. The Labute approximate surface area is 165 Å². The van der Waals surface area contributed by atoms with Crippen LogP contribution >= 0.6 is 0 Å². The maximum absolute atomic E-state index is 13.3. The Morgan fingerprint density at radius 1 is 1.07 bits per heavy atom. The average molecular weight is 392 g/mol. The van der Waals surface area contributed by atoms with E-state index in [1.807, 2.05) is 19.1 Å². The number of aromatic nitrogens is 1. The number of carbonyl (C=O) groups is 2. The monoisotopic (exact) mass is 392 g/mol. The molecule has 146 valence electrons. The third kappa shape index (κ3) is 3.20. The Morgan fingerprint density at radius 3 is 2.31 bits per heavy atom. The van der Waals surface area contributed by atoms with Crippen molar-refractivity contribution in [3.63, 3.8) is 0 Å². The van der Waals surface area contributed by atoms with E-state index in [0.29, 0.717) is 11.3 Å². The van der Waals surface area contributed by atoms with Gasteiger partial charge in [0.05, 0.1) is 11.6 Å². The first kappa shape index (κ1) is 18.6. The van der Waals surface area contributed by atoms with Crippen LogP contribution in [-0.4, -0.2) is 22.0 Å². The van der Waals surface area contributed by atoms with Gasteiger partial charge < -0.3 is 9.63 Å². The maximum atomic E-state index is 13.3. The highest BCUT2D eigenvalue weighted by Crippen LogP contribution is 2.41. The Bertz CT molecular complexity index is 1130. The normalized spacial score (nSPS) is 18.4. The van der Waals surface area contributed by atoms with Crippen LogP contribution in [0.1, 0.15) is 28.5 Å². The number of amides is 1. The van der Waals surface area contributed by atoms with Crippen LogP contribution in [0.2, 0.25) is 0 Å². The van der Waals surface area contributed by atoms with E-state index in [1.54, 1.807) is 25.1 Å². The standard InChI is InChI=1S/C22H17FN2O4/c1-12-3-5-14(6-4-12)19-18(20(26)15-7-9-16(23)10-8-15)21(27)22(28)25(19)17-11-13(2)29-24-17/h3-11,19,26H,1-2H3/b20-18+/t19-/m1/s1. The van der Waals surface area contributed by atoms with Gasteiger partial charge in [-0.15, -0.1) is 0 Å². The van der Waals surface area contributed by atoms with Crippen LogP contribution in [0.15, 0.2) is 64.7 Å². The lowest BCUT2D eigenvalue weighted by atomic mass is 9.95. The number of aliphatic hydroxyl groups excluding tert-OH is 1. The minimum absolute atomic E-state index is 0.0916. The van der Waals surface area contributed by atoms with Crippen molar-refractivity contribution in [2.24, 2.45) is 0 Å². The molecule has 0 aliphatic carbocycles. The molecule has 0 unspecified atom stereocenters. The van der Waals surface area contributed by atoms with Crippen molar-refractivity contribution in [2.45, 2.75) is 19.9 Å². The Hall–Kier alpha value is -3.74. The molecular weight excluding hydrogens is 375 g/mol. The molecule has 0 spiro atoms. The van der Waals surface area contributed by atoms with Crippen molar-refractivity contribution < 1.29 is 23.6 Å². The number of hydrogen-bond acceptors (Lipinski definition) is 5. The van der Waals surface area contributed by atoms with Gasteiger partial charge in [0.15, 0.2) is 5.82 Å². The minimum atomic E-state index is -0.898. The highest BCUT2D eigenvalue weighted by atomic mass is 19.1. The summed E-state index contributed by atoms with van der Waals surface area (Å²) < 4.78 is 18.4. The van der Waals surface area contributed by atoms with Gasteiger partial charge in [-0.2, -0.15) is 0 Å². The third-order valence-electron chi connectivity index (χ3n) is 4.82. The van der Waals surface area contributed by atoms with Crippen molar-refractivity contribution in [3.05, 3.63) is 88.4 Å². The van der Waals surface area contributed by atoms with E-state index in [4.69, 9.17) is 4.52 Å². The fraction of sp³-hybridized carbons (Fsp3) is 0.136. The third-order valence-corrected chi connectivity index (χ3v) is 4.82. The first-order valence-electron chi connectivity index (χ1n) is 8.93. The summed E-state index contributed by atoms with van der Waals surface area (Å²) >= 11 is 0. The van der Waals surface area contributed by atoms with Crippen molar-refractivity contribution >= 4 is 23.3 Å². The fourth-order valence-corrected chi connectivity index (χ4v) is 3.36. The quantitative estimate of drug-likeness (QED) is 0.413. The topological polar surface area (TPSA) is 83.6 Å². The molecule has 1 aliphatic heterocycles. The van der Waals surface area contributed by atoms with Gasteiger partial charge >= 0.3 is 5.91 Å². The van der Waals surface area contributed by atoms with Crippen molar-refractivity contribution in [1.29, 1.82) is 0 Å². The van der Waals surface area contributed by atoms with Gasteiger partial charge in [0.25, 0.3) is 5.78 Å². The summed E-state index contributed by atoms with van der Waals surface area (Å²) in [5.74, 6) is -1.88. The zero-order valence-corrected chi connectivity index (χ0v) is 15.7. The van der Waals surface area contributed by atoms with E-state index in [-0.39, 0.29) is 22.7 Å². The summed E-state index contributed by atoms with van der Waals surface area (Å²) in [6.07, 6.45) is 0. The van der Waals surface area contributed by atoms with E-state index in [0.717, 1.165) is 5.56 Å². The molecule has 1 amide bonds. The predicted octanol–water partition coefficient (Wildman–Crippen LogP) is 4.06. The molecule has 1 saturated heterocycles. The fourth-order valence-electron chi connectivity index (χ4n) is 3.36. The molecule has 0 saturated carbocycles. The van der Waals surface area contributed by atoms with E-state index in [9.17, 15) is 19.1 Å². The second-order valence-electron chi connectivity index (χ2n) is 6.88. The molecule has 1 fully saturated rings. The molecule has 29 heavy (non-hydrogen) atoms. The maximum Gasteiger partial charge on any atom is 0.301 e. The van der Waals surface area contributed by atoms with Crippen LogP contribution in [-0.2, 0) is 9.59 Å². The minimum Gasteiger partial charge on any atom is -0.507 e. The van der Waals surface area contributed by atoms with Crippen molar-refractivity contribution in [1.82, 2.24) is 5.16 Å². The molecule has 1 atom stereocenters. The summed E-state index contributed by atoms with van der Waals surface area (Å²) in [5, 5.41) is 14.7. The molecule has 2 heterocycles. The van der Waals surface area contributed by atoms with E-state index < -0.39 is 23.5 Å². The largest absolute Gasteiger partial charge is 0.507 e. The zero-order chi connectivity index (χ0) is 20.7. The molecule has 1 aliphatic rings. The molecule has 6 nitrogen and oxygen atoms in total. The van der Waals surface area contributed by atoms with Gasteiger partial charge in [-0.3, -0.25) is 14.5 Å². The van der Waals surface area contributed by atoms with Gasteiger partial charge in [-0.25, -0.2) is 4.39 Å². The van der Waals surface area contributed by atoms with Gasteiger partial charge in [0, 0.05) is 11.6 Å². The average Bonchev–Trinajstić information content (AvgIpc) is 3.24. The molecular formula is C22H17FN2O4. The van der Waals surface area contributed by atoms with Crippen LogP contribution in [0.25, 0.3) is 5.76 Å². The Morgan fingerprint density at radius 2 is 1.72 bits per heavy atom. The summed E-state index contributed by atoms with van der Waals surface area (Å²) in [6, 6.07) is 13.0. The molecule has 0 radical (unpaired) electrons. The molecule has 0 bridgehead atoms. The number of hydrogen-bond donors (Lipinski definition) is 1. The van der Waals surface area contributed by atoms with Crippen LogP contribution in [0.3, 0.4) is 0 Å². The van der Waals surface area contributed by atoms with Crippen LogP contribution in [0.5, 0.6) is 0 Å². The number of nitrogens with zero attached hydrogens (tertiary/aromatic N) is 2. The number of carbonyl (C=O) groups excluding carboxylic acids is 2. The number of ketones is 1. The Balaban J connectivity index is 1.93. The molecule has 4 rings (SSSR count). The van der Waals surface area contributed by atoms with Gasteiger partial charge in [0.2, 0.25) is 0 Å². The second-order valence-corrected chi connectivity index (χ2v) is 6.88. The molecule has 3 aromatic rings. The molecule has 2 aromatic carbocycles. The van der Waals surface area contributed by atoms with Crippen molar-refractivity contribution in [3.8, 4) is 0 Å². The van der Waals surface area contributed by atoms with Crippen LogP contribution in [0, 0.1) is 19.7 Å². The SMILES string of the molecule is Cc1ccc([C@@H]2/C(=C(\O)c3ccc(F)cc3)C(=O)C(=O)N2c2cc(C)on2)cc1. The zero-order valence-electron chi connectivity index (χ0n) is 15.7. The first-order chi connectivity index (χ1) is 13.9. The lowest BCUT2D eigenvalue weighted by Gasteiger charge is -2.23. The predicted molar refractivity (Wildman–Crippen MR) is 104 cm³/mol. The van der Waals surface area contributed by atoms with Gasteiger partial charge in [0.1, 0.15) is 17.3 Å². The van der Waals surface area contributed by atoms with Gasteiger partial charge in [-0.05, 0) is 43.7 Å². The molecule has 1 N–H and O–H groups in total. The number of aryl methyl sites for hydroxylation is 2. The first-order valence-corrected chi connectivity index (χ1v) is 8.93. The van der Waals surface area contributed by atoms with E-state index in [2.05, 4.69) is 5.16 Å². The lowest BCUT2D eigenvalue weighted by Crippen LogP contribution is -2.29. The summed E-state index contributed by atoms with van der Waals surface area (Å²) in [6.45, 7) is 3.59. The summed E-state index contributed by atoms with van der Waals surface area (Å²) in [5.41, 5.74) is 1.77. The number of Topliss-reactive ketones (excluding diaryl/α,β-unsaturated/α-hetero) is 1.